The summed E-state index contributed by atoms with van der Waals surface area (Å²) >= 11 is 0. The zero-order chi connectivity index (χ0) is 19.9. The topological polar surface area (TPSA) is 0 Å². The molecule has 2 aliphatic rings. The molecule has 0 bridgehead atoms. The average molecular weight is 632 g/mol. The van der Waals surface area contributed by atoms with Gasteiger partial charge in [-0.05, 0) is 68.5 Å². The van der Waals surface area contributed by atoms with Crippen molar-refractivity contribution < 1.29 is 50.7 Å². The normalized spacial score (nSPS) is 12.8. The van der Waals surface area contributed by atoms with E-state index >= 15 is 0 Å². The monoisotopic (exact) mass is 632 g/mol. The summed E-state index contributed by atoms with van der Waals surface area (Å²) in [6.45, 7) is 0. The van der Waals surface area contributed by atoms with Gasteiger partial charge in [-0.3, -0.25) is 0 Å². The standard InChI is InChI=1S/C30H22.2ClH.Hf/c1-2-10-22-18-25(17-21(22)9-1)27-13-5-7-15-29(27)30-16-8-6-14-28(30)26-19-23-11-3-4-12-24(23)20-26;;;/h1-17,19H,18,20H2;2*1H;/p-2. The SMILES string of the molecule is C1=C(c2ccccc2-c2ccccc2C2=Cc3ccccc3C2)Cc2ccccc21.[Cl-].[Cl-].[Hf]. The van der Waals surface area contributed by atoms with Gasteiger partial charge in [-0.15, -0.1) is 0 Å². The fourth-order valence-electron chi connectivity index (χ4n) is 4.90. The van der Waals surface area contributed by atoms with Crippen LogP contribution in [0.15, 0.2) is 97.1 Å². The summed E-state index contributed by atoms with van der Waals surface area (Å²) in [5.41, 5.74) is 13.7. The molecular weight excluding hydrogens is 610 g/mol. The number of halogens is 2. The largest absolute Gasteiger partial charge is 1.00 e. The summed E-state index contributed by atoms with van der Waals surface area (Å²) in [4.78, 5) is 0. The van der Waals surface area contributed by atoms with Crippen LogP contribution >= 0.6 is 0 Å². The minimum Gasteiger partial charge on any atom is -1.00 e. The van der Waals surface area contributed by atoms with Gasteiger partial charge in [0.2, 0.25) is 0 Å². The molecule has 0 amide bonds. The molecule has 0 atom stereocenters. The Labute approximate surface area is 227 Å². The fourth-order valence-corrected chi connectivity index (χ4v) is 4.90. The number of fused-ring (bicyclic) bond motifs is 2. The van der Waals surface area contributed by atoms with Crippen molar-refractivity contribution in [3.8, 4) is 11.1 Å². The number of benzene rings is 4. The maximum absolute atomic E-state index is 2.36. The molecule has 0 unspecified atom stereocenters. The van der Waals surface area contributed by atoms with Gasteiger partial charge in [0.1, 0.15) is 0 Å². The zero-order valence-corrected chi connectivity index (χ0v) is 23.2. The Hall–Kier alpha value is -2.19. The maximum Gasteiger partial charge on any atom is 0 e. The van der Waals surface area contributed by atoms with Gasteiger partial charge in [-0.1, -0.05) is 109 Å². The van der Waals surface area contributed by atoms with E-state index in [1.807, 2.05) is 0 Å². The van der Waals surface area contributed by atoms with E-state index < -0.39 is 0 Å². The van der Waals surface area contributed by atoms with Gasteiger partial charge in [0.05, 0.1) is 0 Å². The Balaban J connectivity index is 0.00000102. The third-order valence-electron chi connectivity index (χ3n) is 6.37. The number of hydrogen-bond acceptors (Lipinski definition) is 0. The molecule has 4 aromatic carbocycles. The molecule has 0 heterocycles. The minimum atomic E-state index is 0. The van der Waals surface area contributed by atoms with Crippen LogP contribution in [-0.4, -0.2) is 0 Å². The van der Waals surface area contributed by atoms with E-state index in [0.29, 0.717) is 0 Å². The zero-order valence-electron chi connectivity index (χ0n) is 18.1. The predicted octanol–water partition coefficient (Wildman–Crippen LogP) is 1.55. The van der Waals surface area contributed by atoms with E-state index in [1.54, 1.807) is 0 Å². The molecular formula is C30H22Cl2Hf-2. The first kappa shape index (κ1) is 25.4. The predicted molar refractivity (Wildman–Crippen MR) is 128 cm³/mol. The molecule has 0 aromatic heterocycles. The van der Waals surface area contributed by atoms with E-state index in [9.17, 15) is 0 Å². The van der Waals surface area contributed by atoms with Gasteiger partial charge in [0.25, 0.3) is 0 Å². The Bertz CT molecular complexity index is 1250. The summed E-state index contributed by atoms with van der Waals surface area (Å²) in [6, 6.07) is 35.2. The molecule has 0 fully saturated rings. The number of allylic oxidation sites excluding steroid dienone is 2. The molecule has 162 valence electrons. The molecule has 0 spiro atoms. The molecule has 0 aliphatic heterocycles. The Kier molecular flexibility index (Phi) is 8.34. The quantitative estimate of drug-likeness (QED) is 0.302. The smallest absolute Gasteiger partial charge is 0 e. The number of rotatable bonds is 3. The van der Waals surface area contributed by atoms with Crippen LogP contribution in [0.3, 0.4) is 0 Å². The summed E-state index contributed by atoms with van der Waals surface area (Å²) in [5.74, 6) is 0. The van der Waals surface area contributed by atoms with Crippen molar-refractivity contribution in [2.24, 2.45) is 0 Å². The van der Waals surface area contributed by atoms with Gasteiger partial charge in [-0.25, -0.2) is 0 Å². The van der Waals surface area contributed by atoms with Crippen LogP contribution in [0.5, 0.6) is 0 Å². The Morgan fingerprint density at radius 3 is 1.12 bits per heavy atom. The van der Waals surface area contributed by atoms with Crippen LogP contribution in [0.2, 0.25) is 0 Å². The summed E-state index contributed by atoms with van der Waals surface area (Å²) in [6.07, 6.45) is 6.73. The number of hydrogen-bond donors (Lipinski definition) is 0. The Morgan fingerprint density at radius 1 is 0.394 bits per heavy atom. The van der Waals surface area contributed by atoms with Crippen molar-refractivity contribution >= 4 is 23.3 Å². The van der Waals surface area contributed by atoms with Crippen molar-refractivity contribution in [1.29, 1.82) is 0 Å². The molecule has 0 saturated heterocycles. The first-order chi connectivity index (χ1) is 14.9. The van der Waals surface area contributed by atoms with Crippen molar-refractivity contribution in [3.05, 3.63) is 130 Å². The van der Waals surface area contributed by atoms with Crippen molar-refractivity contribution in [1.82, 2.24) is 0 Å². The van der Waals surface area contributed by atoms with Crippen LogP contribution in [0.1, 0.15) is 33.4 Å². The van der Waals surface area contributed by atoms with Crippen LogP contribution < -0.4 is 24.8 Å². The third-order valence-corrected chi connectivity index (χ3v) is 6.37. The third kappa shape index (κ3) is 4.73. The molecule has 33 heavy (non-hydrogen) atoms. The van der Waals surface area contributed by atoms with E-state index in [1.165, 1.54) is 55.7 Å². The van der Waals surface area contributed by atoms with Crippen LogP contribution in [-0.2, 0) is 38.7 Å². The summed E-state index contributed by atoms with van der Waals surface area (Å²) < 4.78 is 0. The van der Waals surface area contributed by atoms with E-state index in [4.69, 9.17) is 0 Å². The van der Waals surface area contributed by atoms with Gasteiger partial charge < -0.3 is 24.8 Å². The average Bonchev–Trinajstić information content (AvgIpc) is 3.43. The summed E-state index contributed by atoms with van der Waals surface area (Å²) in [7, 11) is 0. The molecule has 0 nitrogen and oxygen atoms in total. The molecule has 2 aliphatic carbocycles. The van der Waals surface area contributed by atoms with E-state index in [-0.39, 0.29) is 50.7 Å². The van der Waals surface area contributed by atoms with Crippen LogP contribution in [0.25, 0.3) is 34.4 Å². The van der Waals surface area contributed by atoms with Crippen LogP contribution in [0, 0.1) is 0 Å². The fraction of sp³-hybridized carbons (Fsp3) is 0.0667. The van der Waals surface area contributed by atoms with Gasteiger partial charge >= 0.3 is 0 Å². The summed E-state index contributed by atoms with van der Waals surface area (Å²) in [5, 5.41) is 0. The molecule has 6 rings (SSSR count). The molecule has 0 radical (unpaired) electrons. The van der Waals surface area contributed by atoms with E-state index in [0.717, 1.165) is 12.8 Å². The Morgan fingerprint density at radius 2 is 0.727 bits per heavy atom. The van der Waals surface area contributed by atoms with Gasteiger partial charge in [0.15, 0.2) is 0 Å². The van der Waals surface area contributed by atoms with Gasteiger partial charge in [-0.2, -0.15) is 0 Å². The van der Waals surface area contributed by atoms with Crippen molar-refractivity contribution in [2.45, 2.75) is 12.8 Å². The second-order valence-corrected chi connectivity index (χ2v) is 8.18. The molecule has 0 saturated carbocycles. The molecule has 3 heteroatoms. The first-order valence-electron chi connectivity index (χ1n) is 10.6. The maximum atomic E-state index is 2.36. The second kappa shape index (κ2) is 10.8. The molecule has 0 N–H and O–H groups in total. The first-order valence-corrected chi connectivity index (χ1v) is 10.6. The molecule has 4 aromatic rings. The van der Waals surface area contributed by atoms with Crippen molar-refractivity contribution in [3.63, 3.8) is 0 Å². The van der Waals surface area contributed by atoms with Crippen LogP contribution in [0.4, 0.5) is 0 Å². The second-order valence-electron chi connectivity index (χ2n) is 8.18. The van der Waals surface area contributed by atoms with Crippen molar-refractivity contribution in [2.75, 3.05) is 0 Å². The minimum absolute atomic E-state index is 0. The van der Waals surface area contributed by atoms with Gasteiger partial charge in [0, 0.05) is 25.8 Å². The van der Waals surface area contributed by atoms with E-state index in [2.05, 4.69) is 109 Å².